The highest BCUT2D eigenvalue weighted by molar-refractivity contribution is 7.13. The van der Waals surface area contributed by atoms with Crippen molar-refractivity contribution in [2.45, 2.75) is 25.7 Å². The van der Waals surface area contributed by atoms with Crippen LogP contribution in [0.2, 0.25) is 0 Å². The Morgan fingerprint density at radius 1 is 1.48 bits per heavy atom. The monoisotopic (exact) mass is 329 g/mol. The lowest BCUT2D eigenvalue weighted by atomic mass is 9.95. The molecule has 1 aliphatic rings. The zero-order chi connectivity index (χ0) is 16.2. The number of nitrogens with zero attached hydrogens (tertiary/aromatic N) is 4. The number of piperidine rings is 1. The fraction of sp³-hybridized carbons (Fsp3) is 0.375. The maximum atomic E-state index is 12.1. The number of rotatable bonds is 4. The van der Waals surface area contributed by atoms with Gasteiger partial charge in [0, 0.05) is 42.4 Å². The van der Waals surface area contributed by atoms with Gasteiger partial charge < -0.3 is 10.2 Å². The molecule has 1 amide bonds. The van der Waals surface area contributed by atoms with Crippen molar-refractivity contribution < 1.29 is 4.79 Å². The molecule has 1 unspecified atom stereocenters. The number of hydrogen-bond donors (Lipinski definition) is 1. The van der Waals surface area contributed by atoms with Crippen LogP contribution in [-0.2, 0) is 4.79 Å². The van der Waals surface area contributed by atoms with Gasteiger partial charge in [0.25, 0.3) is 0 Å². The molecule has 120 valence electrons. The predicted molar refractivity (Wildman–Crippen MR) is 90.8 cm³/mol. The summed E-state index contributed by atoms with van der Waals surface area (Å²) in [5, 5.41) is 6.00. The van der Waals surface area contributed by atoms with Crippen molar-refractivity contribution >= 4 is 28.2 Å². The summed E-state index contributed by atoms with van der Waals surface area (Å²) in [6.07, 6.45) is 6.98. The molecule has 1 aliphatic heterocycles. The summed E-state index contributed by atoms with van der Waals surface area (Å²) in [7, 11) is 0. The molecule has 0 aliphatic carbocycles. The second kappa shape index (κ2) is 6.87. The summed E-state index contributed by atoms with van der Waals surface area (Å²) >= 11 is 1.54. The fourth-order valence-electron chi connectivity index (χ4n) is 2.68. The zero-order valence-corrected chi connectivity index (χ0v) is 13.8. The average Bonchev–Trinajstić information content (AvgIpc) is 3.03. The maximum Gasteiger partial charge on any atom is 0.248 e. The van der Waals surface area contributed by atoms with E-state index in [2.05, 4.69) is 32.2 Å². The number of likely N-dealkylation sites (tertiary alicyclic amines) is 1. The third kappa shape index (κ3) is 3.73. The molecular weight excluding hydrogens is 310 g/mol. The Bertz CT molecular complexity index is 700. The fourth-order valence-corrected chi connectivity index (χ4v) is 3.48. The summed E-state index contributed by atoms with van der Waals surface area (Å²) < 4.78 is 0. The normalized spacial score (nSPS) is 17.8. The van der Waals surface area contributed by atoms with E-state index < -0.39 is 0 Å². The van der Waals surface area contributed by atoms with E-state index in [0.29, 0.717) is 17.9 Å². The van der Waals surface area contributed by atoms with Gasteiger partial charge in [-0.15, -0.1) is 11.3 Å². The smallest absolute Gasteiger partial charge is 0.248 e. The van der Waals surface area contributed by atoms with Crippen LogP contribution in [0.25, 0.3) is 0 Å². The first kappa shape index (κ1) is 15.6. The molecule has 6 nitrogen and oxygen atoms in total. The number of carbonyl (C=O) groups is 1. The number of thiazole rings is 1. The Balaban J connectivity index is 1.67. The molecule has 23 heavy (non-hydrogen) atoms. The van der Waals surface area contributed by atoms with E-state index in [4.69, 9.17) is 0 Å². The number of aromatic nitrogens is 3. The zero-order valence-electron chi connectivity index (χ0n) is 13.0. The van der Waals surface area contributed by atoms with Crippen LogP contribution >= 0.6 is 11.3 Å². The topological polar surface area (TPSA) is 71.0 Å². The molecule has 0 aromatic carbocycles. The van der Waals surface area contributed by atoms with Crippen LogP contribution < -0.4 is 5.32 Å². The van der Waals surface area contributed by atoms with Crippen molar-refractivity contribution in [3.63, 3.8) is 0 Å². The third-order valence-electron chi connectivity index (χ3n) is 3.81. The number of carbonyl (C=O) groups excluding carboxylic acids is 1. The van der Waals surface area contributed by atoms with Gasteiger partial charge in [-0.1, -0.05) is 6.58 Å². The van der Waals surface area contributed by atoms with E-state index in [1.54, 1.807) is 36.9 Å². The van der Waals surface area contributed by atoms with Crippen LogP contribution in [0.5, 0.6) is 0 Å². The summed E-state index contributed by atoms with van der Waals surface area (Å²) in [5.74, 6) is 1.000. The first-order valence-electron chi connectivity index (χ1n) is 7.56. The molecule has 1 saturated heterocycles. The molecule has 3 heterocycles. The van der Waals surface area contributed by atoms with Crippen molar-refractivity contribution in [3.8, 4) is 0 Å². The molecule has 3 rings (SSSR count). The van der Waals surface area contributed by atoms with Gasteiger partial charge in [0.2, 0.25) is 5.91 Å². The second-order valence-corrected chi connectivity index (χ2v) is 6.52. The highest BCUT2D eigenvalue weighted by Crippen LogP contribution is 2.30. The Labute approximate surface area is 139 Å². The molecule has 1 atom stereocenters. The van der Waals surface area contributed by atoms with Gasteiger partial charge in [-0.3, -0.25) is 9.78 Å². The van der Waals surface area contributed by atoms with E-state index in [1.807, 2.05) is 4.90 Å². The lowest BCUT2D eigenvalue weighted by Gasteiger charge is -2.32. The van der Waals surface area contributed by atoms with Crippen molar-refractivity contribution in [2.75, 3.05) is 18.4 Å². The number of amides is 1. The van der Waals surface area contributed by atoms with Crippen molar-refractivity contribution in [1.82, 2.24) is 19.9 Å². The van der Waals surface area contributed by atoms with E-state index in [9.17, 15) is 4.79 Å². The van der Waals surface area contributed by atoms with Gasteiger partial charge in [-0.05, 0) is 19.8 Å². The molecule has 0 spiro atoms. The van der Waals surface area contributed by atoms with E-state index >= 15 is 0 Å². The van der Waals surface area contributed by atoms with Gasteiger partial charge in [0.05, 0.1) is 11.9 Å². The highest BCUT2D eigenvalue weighted by Gasteiger charge is 2.26. The first-order chi connectivity index (χ1) is 11.1. The Hall–Kier alpha value is -2.28. The van der Waals surface area contributed by atoms with Gasteiger partial charge in [-0.2, -0.15) is 0 Å². The van der Waals surface area contributed by atoms with Crippen LogP contribution in [0.3, 0.4) is 0 Å². The second-order valence-electron chi connectivity index (χ2n) is 5.66. The predicted octanol–water partition coefficient (Wildman–Crippen LogP) is 2.96. The van der Waals surface area contributed by atoms with E-state index in [0.717, 1.165) is 30.2 Å². The lowest BCUT2D eigenvalue weighted by molar-refractivity contribution is -0.128. The summed E-state index contributed by atoms with van der Waals surface area (Å²) in [6, 6.07) is 0. The minimum atomic E-state index is 0.0443. The molecule has 0 radical (unpaired) electrons. The average molecular weight is 329 g/mol. The van der Waals surface area contributed by atoms with Crippen molar-refractivity contribution in [2.24, 2.45) is 0 Å². The van der Waals surface area contributed by atoms with Crippen LogP contribution in [0.1, 0.15) is 31.4 Å². The Morgan fingerprint density at radius 2 is 2.35 bits per heavy atom. The van der Waals surface area contributed by atoms with Crippen LogP contribution in [-0.4, -0.2) is 38.8 Å². The minimum absolute atomic E-state index is 0.0443. The molecule has 0 bridgehead atoms. The largest absolute Gasteiger partial charge is 0.338 e. The lowest BCUT2D eigenvalue weighted by Crippen LogP contribution is -2.39. The number of hydrogen-bond acceptors (Lipinski definition) is 6. The quantitative estimate of drug-likeness (QED) is 0.873. The van der Waals surface area contributed by atoms with Crippen LogP contribution in [0.4, 0.5) is 10.9 Å². The number of nitrogens with one attached hydrogen (secondary N) is 1. The number of anilines is 2. The summed E-state index contributed by atoms with van der Waals surface area (Å²) in [4.78, 5) is 26.8. The van der Waals surface area contributed by atoms with E-state index in [1.165, 1.54) is 0 Å². The highest BCUT2D eigenvalue weighted by atomic mass is 32.1. The first-order valence-corrected chi connectivity index (χ1v) is 8.44. The minimum Gasteiger partial charge on any atom is -0.338 e. The van der Waals surface area contributed by atoms with E-state index in [-0.39, 0.29) is 11.8 Å². The molecule has 1 fully saturated rings. The van der Waals surface area contributed by atoms with Crippen molar-refractivity contribution in [1.29, 1.82) is 0 Å². The Morgan fingerprint density at radius 3 is 3.09 bits per heavy atom. The van der Waals surface area contributed by atoms with Crippen LogP contribution in [0.15, 0.2) is 36.1 Å². The van der Waals surface area contributed by atoms with Gasteiger partial charge in [0.15, 0.2) is 10.9 Å². The maximum absolute atomic E-state index is 12.1. The van der Waals surface area contributed by atoms with Gasteiger partial charge in [-0.25, -0.2) is 9.97 Å². The molecular formula is C16H19N5OS. The SMILES string of the molecule is C=C(C)C(=O)N1CCCC(c2csc(Nc3cnccn3)n2)C1. The molecule has 0 saturated carbocycles. The molecule has 1 N–H and O–H groups in total. The van der Waals surface area contributed by atoms with Gasteiger partial charge >= 0.3 is 0 Å². The molecule has 7 heteroatoms. The standard InChI is InChI=1S/C16H19N5OS/c1-11(2)15(22)21-7-3-4-12(9-21)13-10-23-16(19-13)20-14-8-17-5-6-18-14/h5-6,8,10,12H,1,3-4,7,9H2,2H3,(H,18,19,20). The van der Waals surface area contributed by atoms with Crippen molar-refractivity contribution in [3.05, 3.63) is 41.8 Å². The third-order valence-corrected chi connectivity index (χ3v) is 4.59. The summed E-state index contributed by atoms with van der Waals surface area (Å²) in [5.41, 5.74) is 1.62. The molecule has 2 aromatic rings. The van der Waals surface area contributed by atoms with Gasteiger partial charge in [0.1, 0.15) is 0 Å². The molecule has 2 aromatic heterocycles. The van der Waals surface area contributed by atoms with Crippen LogP contribution in [0, 0.1) is 0 Å². The summed E-state index contributed by atoms with van der Waals surface area (Å²) in [6.45, 7) is 7.02. The Kier molecular flexibility index (Phi) is 4.66.